The average molecular weight is 399 g/mol. The Labute approximate surface area is 175 Å². The van der Waals surface area contributed by atoms with E-state index < -0.39 is 0 Å². The molecular formula is C24H34N2O3. The van der Waals surface area contributed by atoms with Gasteiger partial charge >= 0.3 is 0 Å². The minimum atomic E-state index is 0.00635. The van der Waals surface area contributed by atoms with Gasteiger partial charge in [0.15, 0.2) is 0 Å². The van der Waals surface area contributed by atoms with E-state index in [9.17, 15) is 4.79 Å². The van der Waals surface area contributed by atoms with Gasteiger partial charge in [-0.15, -0.1) is 0 Å². The highest BCUT2D eigenvalue weighted by Crippen LogP contribution is 2.16. The van der Waals surface area contributed by atoms with Crippen molar-refractivity contribution in [2.45, 2.75) is 33.1 Å². The number of anilines is 1. The summed E-state index contributed by atoms with van der Waals surface area (Å²) in [6.07, 6.45) is 2.07. The van der Waals surface area contributed by atoms with Crippen LogP contribution in [0, 0.1) is 0 Å². The topological polar surface area (TPSA) is 50.8 Å². The predicted octanol–water partition coefficient (Wildman–Crippen LogP) is 4.39. The molecule has 0 saturated carbocycles. The number of rotatable bonds is 14. The number of hydrogen-bond acceptors (Lipinski definition) is 4. The van der Waals surface area contributed by atoms with Gasteiger partial charge in [-0.05, 0) is 55.8 Å². The fourth-order valence-corrected chi connectivity index (χ4v) is 2.96. The van der Waals surface area contributed by atoms with Crippen molar-refractivity contribution in [3.05, 3.63) is 60.2 Å². The second-order valence-corrected chi connectivity index (χ2v) is 6.90. The van der Waals surface area contributed by atoms with Crippen LogP contribution in [0.15, 0.2) is 54.6 Å². The van der Waals surface area contributed by atoms with E-state index in [0.717, 1.165) is 37.5 Å². The van der Waals surface area contributed by atoms with Gasteiger partial charge in [0.05, 0.1) is 6.61 Å². The quantitative estimate of drug-likeness (QED) is 0.480. The molecule has 0 unspecified atom stereocenters. The van der Waals surface area contributed by atoms with Crippen LogP contribution in [0.4, 0.5) is 5.69 Å². The maximum absolute atomic E-state index is 12.1. The molecule has 0 bridgehead atoms. The summed E-state index contributed by atoms with van der Waals surface area (Å²) in [7, 11) is 0. The highest BCUT2D eigenvalue weighted by atomic mass is 16.5. The van der Waals surface area contributed by atoms with Crippen molar-refractivity contribution in [2.24, 2.45) is 0 Å². The van der Waals surface area contributed by atoms with Crippen LogP contribution < -0.4 is 10.1 Å². The van der Waals surface area contributed by atoms with Crippen LogP contribution in [0.25, 0.3) is 0 Å². The highest BCUT2D eigenvalue weighted by Gasteiger charge is 2.04. The zero-order chi connectivity index (χ0) is 20.7. The number of likely N-dealkylation sites (N-methyl/N-ethyl adjacent to an activating group) is 1. The molecule has 5 nitrogen and oxygen atoms in total. The van der Waals surface area contributed by atoms with Crippen molar-refractivity contribution in [2.75, 3.05) is 44.8 Å². The molecule has 0 heterocycles. The zero-order valence-electron chi connectivity index (χ0n) is 17.7. The Morgan fingerprint density at radius 2 is 1.66 bits per heavy atom. The van der Waals surface area contributed by atoms with Gasteiger partial charge in [0, 0.05) is 25.3 Å². The van der Waals surface area contributed by atoms with E-state index in [1.54, 1.807) is 0 Å². The summed E-state index contributed by atoms with van der Waals surface area (Å²) < 4.78 is 11.4. The monoisotopic (exact) mass is 398 g/mol. The van der Waals surface area contributed by atoms with Crippen LogP contribution in [-0.4, -0.2) is 50.3 Å². The van der Waals surface area contributed by atoms with Crippen molar-refractivity contribution < 1.29 is 14.3 Å². The third-order valence-electron chi connectivity index (χ3n) is 4.78. The standard InChI is InChI=1S/C24H34N2O3/c1-3-26(4-2)17-20-29-23-14-12-22(13-15-23)25-24(27)11-8-18-28-19-16-21-9-6-5-7-10-21/h5-7,9-10,12-15H,3-4,8,11,16-20H2,1-2H3,(H,25,27). The first-order chi connectivity index (χ1) is 14.2. The first kappa shape index (κ1) is 22.9. The van der Waals surface area contributed by atoms with E-state index >= 15 is 0 Å². The Bertz CT molecular complexity index is 685. The molecule has 2 rings (SSSR count). The third kappa shape index (κ3) is 9.59. The summed E-state index contributed by atoms with van der Waals surface area (Å²) >= 11 is 0. The SMILES string of the molecule is CCN(CC)CCOc1ccc(NC(=O)CCCOCCc2ccccc2)cc1. The first-order valence-corrected chi connectivity index (χ1v) is 10.6. The Balaban J connectivity index is 1.56. The molecule has 2 aromatic rings. The molecule has 2 aromatic carbocycles. The number of amides is 1. The largest absolute Gasteiger partial charge is 0.492 e. The Kier molecular flexibility index (Phi) is 10.9. The normalized spacial score (nSPS) is 10.9. The van der Waals surface area contributed by atoms with E-state index in [4.69, 9.17) is 9.47 Å². The molecule has 158 valence electrons. The van der Waals surface area contributed by atoms with E-state index in [2.05, 4.69) is 36.2 Å². The maximum atomic E-state index is 12.1. The zero-order valence-corrected chi connectivity index (χ0v) is 17.7. The lowest BCUT2D eigenvalue weighted by molar-refractivity contribution is -0.116. The summed E-state index contributed by atoms with van der Waals surface area (Å²) in [5.41, 5.74) is 2.06. The van der Waals surface area contributed by atoms with Crippen molar-refractivity contribution in [3.8, 4) is 5.75 Å². The summed E-state index contributed by atoms with van der Waals surface area (Å²) in [5, 5.41) is 2.92. The van der Waals surface area contributed by atoms with Crippen molar-refractivity contribution in [1.82, 2.24) is 4.90 Å². The molecule has 0 atom stereocenters. The van der Waals surface area contributed by atoms with Crippen molar-refractivity contribution in [3.63, 3.8) is 0 Å². The number of benzene rings is 2. The second-order valence-electron chi connectivity index (χ2n) is 6.90. The molecule has 0 aliphatic carbocycles. The van der Waals surface area contributed by atoms with Gasteiger partial charge in [0.2, 0.25) is 5.91 Å². The Hall–Kier alpha value is -2.37. The van der Waals surface area contributed by atoms with Crippen LogP contribution in [0.2, 0.25) is 0 Å². The lowest BCUT2D eigenvalue weighted by atomic mass is 10.2. The summed E-state index contributed by atoms with van der Waals surface area (Å²) in [4.78, 5) is 14.4. The van der Waals surface area contributed by atoms with Crippen molar-refractivity contribution in [1.29, 1.82) is 0 Å². The second kappa shape index (κ2) is 13.7. The van der Waals surface area contributed by atoms with Gasteiger partial charge in [-0.3, -0.25) is 4.79 Å². The summed E-state index contributed by atoms with van der Waals surface area (Å²) in [5.74, 6) is 0.828. The molecule has 5 heteroatoms. The summed E-state index contributed by atoms with van der Waals surface area (Å²) in [6.45, 7) is 9.22. The van der Waals surface area contributed by atoms with Gasteiger partial charge in [-0.1, -0.05) is 44.2 Å². The first-order valence-electron chi connectivity index (χ1n) is 10.6. The molecule has 0 aliphatic heterocycles. The van der Waals surface area contributed by atoms with E-state index in [0.29, 0.717) is 32.7 Å². The molecule has 1 N–H and O–H groups in total. The average Bonchev–Trinajstić information content (AvgIpc) is 2.75. The number of carbonyl (C=O) groups excluding carboxylic acids is 1. The minimum absolute atomic E-state index is 0.00635. The fourth-order valence-electron chi connectivity index (χ4n) is 2.96. The van der Waals surface area contributed by atoms with E-state index in [-0.39, 0.29) is 5.91 Å². The molecule has 29 heavy (non-hydrogen) atoms. The molecule has 0 aliphatic rings. The Morgan fingerprint density at radius 1 is 0.931 bits per heavy atom. The van der Waals surface area contributed by atoms with Gasteiger partial charge in [-0.25, -0.2) is 0 Å². The van der Waals surface area contributed by atoms with Crippen LogP contribution in [0.1, 0.15) is 32.3 Å². The van der Waals surface area contributed by atoms with Gasteiger partial charge < -0.3 is 19.7 Å². The van der Waals surface area contributed by atoms with E-state index in [1.165, 1.54) is 5.56 Å². The third-order valence-corrected chi connectivity index (χ3v) is 4.78. The predicted molar refractivity (Wildman–Crippen MR) is 119 cm³/mol. The van der Waals surface area contributed by atoms with Gasteiger partial charge in [0.25, 0.3) is 0 Å². The van der Waals surface area contributed by atoms with Crippen LogP contribution in [0.5, 0.6) is 5.75 Å². The number of carbonyl (C=O) groups is 1. The Morgan fingerprint density at radius 3 is 2.34 bits per heavy atom. The van der Waals surface area contributed by atoms with Crippen LogP contribution in [-0.2, 0) is 16.0 Å². The smallest absolute Gasteiger partial charge is 0.224 e. The lowest BCUT2D eigenvalue weighted by Gasteiger charge is -2.18. The van der Waals surface area contributed by atoms with Crippen LogP contribution >= 0.6 is 0 Å². The molecule has 1 amide bonds. The van der Waals surface area contributed by atoms with Gasteiger partial charge in [0.1, 0.15) is 12.4 Å². The lowest BCUT2D eigenvalue weighted by Crippen LogP contribution is -2.27. The fraction of sp³-hybridized carbons (Fsp3) is 0.458. The number of ether oxygens (including phenoxy) is 2. The van der Waals surface area contributed by atoms with Crippen LogP contribution in [0.3, 0.4) is 0 Å². The molecule has 0 fully saturated rings. The summed E-state index contributed by atoms with van der Waals surface area (Å²) in [6, 6.07) is 17.8. The maximum Gasteiger partial charge on any atom is 0.224 e. The number of nitrogens with one attached hydrogen (secondary N) is 1. The molecule has 0 spiro atoms. The highest BCUT2D eigenvalue weighted by molar-refractivity contribution is 5.90. The molecule has 0 aromatic heterocycles. The van der Waals surface area contributed by atoms with Gasteiger partial charge in [-0.2, -0.15) is 0 Å². The number of hydrogen-bond donors (Lipinski definition) is 1. The molecular weight excluding hydrogens is 364 g/mol. The number of nitrogens with zero attached hydrogens (tertiary/aromatic N) is 1. The molecule has 0 saturated heterocycles. The molecule has 0 radical (unpaired) electrons. The van der Waals surface area contributed by atoms with E-state index in [1.807, 2.05) is 42.5 Å². The minimum Gasteiger partial charge on any atom is -0.492 e. The van der Waals surface area contributed by atoms with Crippen molar-refractivity contribution >= 4 is 11.6 Å².